The summed E-state index contributed by atoms with van der Waals surface area (Å²) >= 11 is 3.85. The Morgan fingerprint density at radius 2 is 1.92 bits per heavy atom. The van der Waals surface area contributed by atoms with Crippen molar-refractivity contribution in [3.8, 4) is 0 Å². The molecule has 0 aliphatic carbocycles. The maximum atomic E-state index is 12.6. The molecule has 0 aromatic heterocycles. The summed E-state index contributed by atoms with van der Waals surface area (Å²) < 4.78 is 22.2. The van der Waals surface area contributed by atoms with E-state index < -0.39 is 9.71 Å². The SMILES string of the molecule is O=C(c1ccccc1Br)C(F)(F)I. The third-order valence-corrected chi connectivity index (χ3v) is 2.56. The molecule has 0 aliphatic heterocycles. The van der Waals surface area contributed by atoms with Gasteiger partial charge in [-0.3, -0.25) is 4.79 Å². The Labute approximate surface area is 95.8 Å². The average Bonchev–Trinajstić information content (AvgIpc) is 2.02. The predicted octanol–water partition coefficient (Wildman–Crippen LogP) is 3.66. The molecule has 0 N–H and O–H groups in total. The summed E-state index contributed by atoms with van der Waals surface area (Å²) in [4.78, 5) is 11.1. The van der Waals surface area contributed by atoms with Crippen LogP contribution in [0.15, 0.2) is 28.7 Å². The van der Waals surface area contributed by atoms with Crippen LogP contribution in [0.4, 0.5) is 8.78 Å². The first-order valence-corrected chi connectivity index (χ1v) is 5.16. The largest absolute Gasteiger partial charge is 0.357 e. The molecule has 0 heterocycles. The smallest absolute Gasteiger partial charge is 0.286 e. The number of carbonyl (C=O) groups excluding carboxylic acids is 1. The zero-order valence-corrected chi connectivity index (χ0v) is 9.97. The van der Waals surface area contributed by atoms with Gasteiger partial charge in [-0.2, -0.15) is 8.78 Å². The summed E-state index contributed by atoms with van der Waals surface area (Å²) in [7, 11) is 0. The number of rotatable bonds is 2. The monoisotopic (exact) mass is 360 g/mol. The van der Waals surface area contributed by atoms with Crippen LogP contribution in [0.25, 0.3) is 0 Å². The summed E-state index contributed by atoms with van der Waals surface area (Å²) in [6.45, 7) is 0. The highest BCUT2D eigenvalue weighted by Crippen LogP contribution is 2.30. The van der Waals surface area contributed by atoms with E-state index in [0.29, 0.717) is 4.47 Å². The summed E-state index contributed by atoms with van der Waals surface area (Å²) in [6, 6.07) is 6.11. The van der Waals surface area contributed by atoms with E-state index in [1.165, 1.54) is 6.07 Å². The zero-order chi connectivity index (χ0) is 10.1. The first-order chi connectivity index (χ1) is 5.93. The molecule has 13 heavy (non-hydrogen) atoms. The lowest BCUT2D eigenvalue weighted by Gasteiger charge is -2.07. The van der Waals surface area contributed by atoms with Gasteiger partial charge in [0.15, 0.2) is 0 Å². The van der Waals surface area contributed by atoms with Gasteiger partial charge >= 0.3 is 3.93 Å². The van der Waals surface area contributed by atoms with Gasteiger partial charge in [0.1, 0.15) is 0 Å². The molecule has 0 aliphatic rings. The summed E-state index contributed by atoms with van der Waals surface area (Å²) in [5.74, 6) is -1.18. The number of Topliss-reactive ketones (excluding diaryl/α,β-unsaturated/α-hetero) is 1. The van der Waals surface area contributed by atoms with Crippen LogP contribution in [-0.2, 0) is 0 Å². The number of halogens is 4. The molecular weight excluding hydrogens is 357 g/mol. The first-order valence-electron chi connectivity index (χ1n) is 3.29. The van der Waals surface area contributed by atoms with Crippen LogP contribution in [0.1, 0.15) is 10.4 Å². The van der Waals surface area contributed by atoms with Gasteiger partial charge in [-0.05, 0) is 12.1 Å². The van der Waals surface area contributed by atoms with E-state index in [1.807, 2.05) is 0 Å². The lowest BCUT2D eigenvalue weighted by atomic mass is 10.1. The molecule has 0 bridgehead atoms. The summed E-state index contributed by atoms with van der Waals surface area (Å²) in [5.41, 5.74) is 0.00176. The Hall–Kier alpha value is -0.0400. The van der Waals surface area contributed by atoms with Crippen molar-refractivity contribution in [2.45, 2.75) is 3.93 Å². The van der Waals surface area contributed by atoms with Gasteiger partial charge in [0, 0.05) is 32.6 Å². The number of ketones is 1. The fraction of sp³-hybridized carbons (Fsp3) is 0.125. The van der Waals surface area contributed by atoms with E-state index in [1.54, 1.807) is 18.2 Å². The number of benzene rings is 1. The quantitative estimate of drug-likeness (QED) is 0.447. The lowest BCUT2D eigenvalue weighted by molar-refractivity contribution is 0.0626. The zero-order valence-electron chi connectivity index (χ0n) is 6.23. The van der Waals surface area contributed by atoms with E-state index in [4.69, 9.17) is 0 Å². The molecule has 1 aromatic rings. The normalized spacial score (nSPS) is 11.4. The van der Waals surface area contributed by atoms with Crippen molar-refractivity contribution in [3.05, 3.63) is 34.3 Å². The topological polar surface area (TPSA) is 17.1 Å². The second kappa shape index (κ2) is 4.00. The van der Waals surface area contributed by atoms with Crippen LogP contribution in [0, 0.1) is 0 Å². The Kier molecular flexibility index (Phi) is 3.39. The van der Waals surface area contributed by atoms with Gasteiger partial charge in [-0.1, -0.05) is 28.1 Å². The molecular formula is C8H4BrF2IO. The highest BCUT2D eigenvalue weighted by Gasteiger charge is 2.36. The van der Waals surface area contributed by atoms with Crippen molar-refractivity contribution in [2.75, 3.05) is 0 Å². The molecule has 0 unspecified atom stereocenters. The van der Waals surface area contributed by atoms with Crippen molar-refractivity contribution < 1.29 is 13.6 Å². The number of carbonyl (C=O) groups is 1. The van der Waals surface area contributed by atoms with Gasteiger partial charge in [0.25, 0.3) is 0 Å². The number of hydrogen-bond donors (Lipinski definition) is 0. The van der Waals surface area contributed by atoms with Crippen LogP contribution >= 0.6 is 38.5 Å². The van der Waals surface area contributed by atoms with Crippen molar-refractivity contribution in [2.24, 2.45) is 0 Å². The molecule has 0 spiro atoms. The Morgan fingerprint density at radius 3 is 2.38 bits per heavy atom. The second-order valence-electron chi connectivity index (χ2n) is 2.31. The molecule has 1 rings (SSSR count). The van der Waals surface area contributed by atoms with Crippen molar-refractivity contribution >= 4 is 44.3 Å². The van der Waals surface area contributed by atoms with Crippen LogP contribution in [0.2, 0.25) is 0 Å². The third-order valence-electron chi connectivity index (χ3n) is 1.38. The van der Waals surface area contributed by atoms with Gasteiger partial charge in [0.2, 0.25) is 5.78 Å². The maximum Gasteiger partial charge on any atom is 0.357 e. The molecule has 1 nitrogen and oxygen atoms in total. The standard InChI is InChI=1S/C8H4BrF2IO/c9-6-4-2-1-3-5(6)7(13)8(10,11)12/h1-4H. The van der Waals surface area contributed by atoms with E-state index in [-0.39, 0.29) is 5.56 Å². The second-order valence-corrected chi connectivity index (χ2v) is 4.52. The molecule has 0 radical (unpaired) electrons. The minimum absolute atomic E-state index is 0.00176. The van der Waals surface area contributed by atoms with E-state index in [9.17, 15) is 13.6 Å². The van der Waals surface area contributed by atoms with Crippen LogP contribution < -0.4 is 0 Å². The Bertz CT molecular complexity index is 335. The van der Waals surface area contributed by atoms with Gasteiger partial charge < -0.3 is 0 Å². The fourth-order valence-corrected chi connectivity index (χ4v) is 1.55. The highest BCUT2D eigenvalue weighted by molar-refractivity contribution is 14.1. The number of hydrogen-bond acceptors (Lipinski definition) is 1. The third kappa shape index (κ3) is 2.70. The van der Waals surface area contributed by atoms with Crippen molar-refractivity contribution in [1.29, 1.82) is 0 Å². The fourth-order valence-electron chi connectivity index (χ4n) is 0.798. The molecule has 0 saturated heterocycles. The van der Waals surface area contributed by atoms with Crippen molar-refractivity contribution in [3.63, 3.8) is 0 Å². The van der Waals surface area contributed by atoms with Gasteiger partial charge in [-0.25, -0.2) is 0 Å². The molecule has 70 valence electrons. The molecule has 0 amide bonds. The van der Waals surface area contributed by atoms with Gasteiger partial charge in [0.05, 0.1) is 0 Å². The molecule has 0 saturated carbocycles. The highest BCUT2D eigenvalue weighted by atomic mass is 127. The Morgan fingerprint density at radius 1 is 1.38 bits per heavy atom. The predicted molar refractivity (Wildman–Crippen MR) is 57.4 cm³/mol. The van der Waals surface area contributed by atoms with Crippen LogP contribution in [0.5, 0.6) is 0 Å². The van der Waals surface area contributed by atoms with Crippen LogP contribution in [0.3, 0.4) is 0 Å². The Balaban J connectivity index is 3.10. The molecule has 5 heteroatoms. The van der Waals surface area contributed by atoms with Gasteiger partial charge in [-0.15, -0.1) is 0 Å². The summed E-state index contributed by atoms with van der Waals surface area (Å²) in [5, 5.41) is 0. The minimum Gasteiger partial charge on any atom is -0.286 e. The summed E-state index contributed by atoms with van der Waals surface area (Å²) in [6.07, 6.45) is 0. The number of alkyl halides is 3. The maximum absolute atomic E-state index is 12.6. The van der Waals surface area contributed by atoms with E-state index >= 15 is 0 Å². The molecule has 0 atom stereocenters. The van der Waals surface area contributed by atoms with E-state index in [0.717, 1.165) is 22.6 Å². The molecule has 1 aromatic carbocycles. The molecule has 0 fully saturated rings. The van der Waals surface area contributed by atoms with E-state index in [2.05, 4.69) is 15.9 Å². The first kappa shape index (κ1) is 11.0. The van der Waals surface area contributed by atoms with Crippen molar-refractivity contribution in [1.82, 2.24) is 0 Å². The lowest BCUT2D eigenvalue weighted by Crippen LogP contribution is -2.20. The minimum atomic E-state index is -3.35. The van der Waals surface area contributed by atoms with Crippen LogP contribution in [-0.4, -0.2) is 9.71 Å². The average molecular weight is 361 g/mol.